The second kappa shape index (κ2) is 5.35. The monoisotopic (exact) mass is 264 g/mol. The van der Waals surface area contributed by atoms with Gasteiger partial charge in [-0.25, -0.2) is 8.42 Å². The molecule has 0 spiro atoms. The third-order valence-electron chi connectivity index (χ3n) is 3.48. The molecule has 0 aliphatic rings. The number of sulfone groups is 1. The minimum atomic E-state index is -3.44. The van der Waals surface area contributed by atoms with Crippen LogP contribution in [0.25, 0.3) is 0 Å². The molecule has 0 heterocycles. The highest BCUT2D eigenvalue weighted by Crippen LogP contribution is 2.16. The molecule has 0 fully saturated rings. The van der Waals surface area contributed by atoms with Crippen LogP contribution in [0.15, 0.2) is 0 Å². The Balaban J connectivity index is 4.69. The molecule has 0 aliphatic heterocycles. The van der Waals surface area contributed by atoms with Crippen LogP contribution in [0.3, 0.4) is 0 Å². The van der Waals surface area contributed by atoms with Gasteiger partial charge in [-0.2, -0.15) is 0 Å². The Morgan fingerprint density at radius 1 is 1.24 bits per heavy atom. The Morgan fingerprint density at radius 2 is 1.65 bits per heavy atom. The third-order valence-corrected chi connectivity index (χ3v) is 5.52. The average molecular weight is 264 g/mol. The summed E-state index contributed by atoms with van der Waals surface area (Å²) in [4.78, 5) is 11.8. The summed E-state index contributed by atoms with van der Waals surface area (Å²) in [5.41, 5.74) is 5.56. The highest BCUT2D eigenvalue weighted by Gasteiger charge is 2.39. The summed E-state index contributed by atoms with van der Waals surface area (Å²) < 4.78 is 21.5. The van der Waals surface area contributed by atoms with E-state index in [9.17, 15) is 13.2 Å². The fourth-order valence-corrected chi connectivity index (χ4v) is 1.55. The van der Waals surface area contributed by atoms with Crippen LogP contribution in [-0.2, 0) is 14.6 Å². The Hall–Kier alpha value is -0.620. The molecule has 0 aromatic heterocycles. The van der Waals surface area contributed by atoms with Crippen molar-refractivity contribution < 1.29 is 13.2 Å². The lowest BCUT2D eigenvalue weighted by Crippen LogP contribution is -2.54. The molecule has 6 heteroatoms. The van der Waals surface area contributed by atoms with Gasteiger partial charge in [-0.15, -0.1) is 0 Å². The summed E-state index contributed by atoms with van der Waals surface area (Å²) in [6.45, 7) is 6.97. The van der Waals surface area contributed by atoms with Gasteiger partial charge in [0.1, 0.15) is 4.75 Å². The summed E-state index contributed by atoms with van der Waals surface area (Å²) in [6.07, 6.45) is 2.51. The standard InChI is InChI=1S/C11H24N2O3S/c1-6-11(12,7-2)8-13-9(14)10(3,4)17(5,15)16/h6-8,12H2,1-5H3,(H,13,14). The molecule has 17 heavy (non-hydrogen) atoms. The van der Waals surface area contributed by atoms with Crippen LogP contribution in [-0.4, -0.2) is 37.4 Å². The van der Waals surface area contributed by atoms with E-state index in [0.717, 1.165) is 19.1 Å². The van der Waals surface area contributed by atoms with Gasteiger partial charge in [0.25, 0.3) is 0 Å². The molecule has 0 rings (SSSR count). The minimum Gasteiger partial charge on any atom is -0.353 e. The van der Waals surface area contributed by atoms with Gasteiger partial charge in [0, 0.05) is 18.3 Å². The lowest BCUT2D eigenvalue weighted by atomic mass is 9.94. The van der Waals surface area contributed by atoms with E-state index >= 15 is 0 Å². The molecule has 0 saturated carbocycles. The summed E-state index contributed by atoms with van der Waals surface area (Å²) in [5, 5.41) is 2.63. The molecule has 0 atom stereocenters. The maximum Gasteiger partial charge on any atom is 0.240 e. The maximum absolute atomic E-state index is 11.8. The van der Waals surface area contributed by atoms with E-state index in [1.54, 1.807) is 0 Å². The van der Waals surface area contributed by atoms with E-state index in [4.69, 9.17) is 5.73 Å². The van der Waals surface area contributed by atoms with Crippen molar-refractivity contribution in [3.63, 3.8) is 0 Å². The molecule has 5 nitrogen and oxygen atoms in total. The second-order valence-corrected chi connectivity index (χ2v) is 7.60. The van der Waals surface area contributed by atoms with Crippen LogP contribution in [0.5, 0.6) is 0 Å². The Morgan fingerprint density at radius 3 is 1.94 bits per heavy atom. The summed E-state index contributed by atoms with van der Waals surface area (Å²) in [7, 11) is -3.44. The number of hydrogen-bond donors (Lipinski definition) is 2. The summed E-state index contributed by atoms with van der Waals surface area (Å²) in [6, 6.07) is 0. The first-order chi connectivity index (χ1) is 7.50. The number of carbonyl (C=O) groups excluding carboxylic acids is 1. The van der Waals surface area contributed by atoms with Gasteiger partial charge in [-0.3, -0.25) is 4.79 Å². The van der Waals surface area contributed by atoms with E-state index in [0.29, 0.717) is 0 Å². The molecule has 3 N–H and O–H groups in total. The zero-order valence-corrected chi connectivity index (χ0v) is 12.1. The fourth-order valence-electron chi connectivity index (χ4n) is 1.14. The number of nitrogens with one attached hydrogen (secondary N) is 1. The van der Waals surface area contributed by atoms with Crippen LogP contribution >= 0.6 is 0 Å². The molecule has 0 radical (unpaired) electrons. The average Bonchev–Trinajstić information content (AvgIpc) is 2.23. The normalized spacial score (nSPS) is 13.5. The lowest BCUT2D eigenvalue weighted by Gasteiger charge is -2.29. The van der Waals surface area contributed by atoms with Crippen LogP contribution in [0.4, 0.5) is 0 Å². The molecule has 0 unspecified atom stereocenters. The van der Waals surface area contributed by atoms with Gasteiger partial charge in [0.05, 0.1) is 0 Å². The van der Waals surface area contributed by atoms with Crippen molar-refractivity contribution in [1.29, 1.82) is 0 Å². The van der Waals surface area contributed by atoms with Crippen molar-refractivity contribution in [2.24, 2.45) is 5.73 Å². The van der Waals surface area contributed by atoms with Gasteiger partial charge < -0.3 is 11.1 Å². The number of hydrogen-bond acceptors (Lipinski definition) is 4. The van der Waals surface area contributed by atoms with Gasteiger partial charge in [0.2, 0.25) is 5.91 Å². The van der Waals surface area contributed by atoms with Crippen LogP contribution < -0.4 is 11.1 Å². The van der Waals surface area contributed by atoms with E-state index in [2.05, 4.69) is 5.32 Å². The predicted octanol–water partition coefficient (Wildman–Crippen LogP) is 0.443. The van der Waals surface area contributed by atoms with Crippen molar-refractivity contribution in [2.75, 3.05) is 12.8 Å². The molecular weight excluding hydrogens is 240 g/mol. The van der Waals surface area contributed by atoms with E-state index in [-0.39, 0.29) is 6.54 Å². The predicted molar refractivity (Wildman–Crippen MR) is 69.4 cm³/mol. The van der Waals surface area contributed by atoms with Crippen LogP contribution in [0.2, 0.25) is 0 Å². The topological polar surface area (TPSA) is 89.3 Å². The highest BCUT2D eigenvalue weighted by atomic mass is 32.2. The van der Waals surface area contributed by atoms with Crippen molar-refractivity contribution in [2.45, 2.75) is 50.8 Å². The van der Waals surface area contributed by atoms with Crippen molar-refractivity contribution >= 4 is 15.7 Å². The largest absolute Gasteiger partial charge is 0.353 e. The van der Waals surface area contributed by atoms with E-state index in [1.807, 2.05) is 13.8 Å². The zero-order chi connectivity index (χ0) is 13.9. The van der Waals surface area contributed by atoms with Crippen LogP contribution in [0, 0.1) is 0 Å². The number of rotatable bonds is 6. The SMILES string of the molecule is CCC(N)(CC)CNC(=O)C(C)(C)S(C)(=O)=O. The van der Waals surface area contributed by atoms with Crippen molar-refractivity contribution in [3.05, 3.63) is 0 Å². The zero-order valence-electron chi connectivity index (χ0n) is 11.3. The van der Waals surface area contributed by atoms with Crippen molar-refractivity contribution in [3.8, 4) is 0 Å². The molecule has 0 saturated heterocycles. The molecule has 0 bridgehead atoms. The molecule has 0 aromatic carbocycles. The second-order valence-electron chi connectivity index (χ2n) is 5.03. The highest BCUT2D eigenvalue weighted by molar-refractivity contribution is 7.92. The fraction of sp³-hybridized carbons (Fsp3) is 0.909. The first-order valence-electron chi connectivity index (χ1n) is 5.77. The molecule has 0 aromatic rings. The maximum atomic E-state index is 11.8. The Bertz CT molecular complexity index is 370. The Kier molecular flexibility index (Phi) is 5.16. The van der Waals surface area contributed by atoms with Gasteiger partial charge in [0.15, 0.2) is 9.84 Å². The summed E-state index contributed by atoms with van der Waals surface area (Å²) >= 11 is 0. The number of carbonyl (C=O) groups is 1. The summed E-state index contributed by atoms with van der Waals surface area (Å²) in [5.74, 6) is -0.503. The minimum absolute atomic E-state index is 0.289. The lowest BCUT2D eigenvalue weighted by molar-refractivity contribution is -0.123. The number of nitrogens with two attached hydrogens (primary N) is 1. The molecule has 102 valence electrons. The first-order valence-corrected chi connectivity index (χ1v) is 7.66. The molecular formula is C11H24N2O3S. The third kappa shape index (κ3) is 3.96. The number of amides is 1. The van der Waals surface area contributed by atoms with E-state index < -0.39 is 26.0 Å². The first kappa shape index (κ1) is 16.4. The van der Waals surface area contributed by atoms with Gasteiger partial charge in [-0.05, 0) is 26.7 Å². The Labute approximate surface area is 104 Å². The smallest absolute Gasteiger partial charge is 0.240 e. The van der Waals surface area contributed by atoms with Gasteiger partial charge in [-0.1, -0.05) is 13.8 Å². The van der Waals surface area contributed by atoms with Crippen LogP contribution in [0.1, 0.15) is 40.5 Å². The van der Waals surface area contributed by atoms with Gasteiger partial charge >= 0.3 is 0 Å². The molecule has 1 amide bonds. The van der Waals surface area contributed by atoms with E-state index in [1.165, 1.54) is 13.8 Å². The molecule has 0 aliphatic carbocycles. The van der Waals surface area contributed by atoms with Crippen molar-refractivity contribution in [1.82, 2.24) is 5.32 Å². The quantitative estimate of drug-likeness (QED) is 0.728.